The van der Waals surface area contributed by atoms with Gasteiger partial charge in [-0.1, -0.05) is 12.1 Å². The van der Waals surface area contributed by atoms with Crippen molar-refractivity contribution in [1.29, 1.82) is 0 Å². The molecule has 0 unspecified atom stereocenters. The Hall–Kier alpha value is -2.14. The normalized spacial score (nSPS) is 10.3. The molecule has 2 rings (SSSR count). The molecule has 0 saturated heterocycles. The van der Waals surface area contributed by atoms with Crippen LogP contribution in [0.15, 0.2) is 35.3 Å². The fraction of sp³-hybridized carbons (Fsp3) is 0.0909. The Kier molecular flexibility index (Phi) is 2.70. The second kappa shape index (κ2) is 4.16. The molecule has 0 atom stereocenters. The lowest BCUT2D eigenvalue weighted by Gasteiger charge is -2.02. The minimum atomic E-state index is -0.838. The molecule has 0 radical (unpaired) electrons. The maximum absolute atomic E-state index is 11.8. The number of carbonyl (C=O) groups is 1. The Morgan fingerprint density at radius 2 is 2.12 bits per heavy atom. The van der Waals surface area contributed by atoms with E-state index >= 15 is 0 Å². The fourth-order valence-corrected chi connectivity index (χ4v) is 1.46. The number of aromatic nitrogens is 1. The Morgan fingerprint density at radius 1 is 1.38 bits per heavy atom. The number of hydrogen-bond donors (Lipinski definition) is 2. The van der Waals surface area contributed by atoms with Crippen molar-refractivity contribution in [3.63, 3.8) is 0 Å². The number of esters is 1. The summed E-state index contributed by atoms with van der Waals surface area (Å²) in [5.74, 6) is -0.838. The molecule has 0 amide bonds. The quantitative estimate of drug-likeness (QED) is 0.573. The van der Waals surface area contributed by atoms with E-state index in [2.05, 4.69) is 9.72 Å². The average Bonchev–Trinajstić information content (AvgIpc) is 2.30. The highest BCUT2D eigenvalue weighted by Crippen LogP contribution is 2.07. The lowest BCUT2D eigenvalue weighted by molar-refractivity contribution is 0.00669. The van der Waals surface area contributed by atoms with Gasteiger partial charge in [-0.25, -0.2) is 4.79 Å². The van der Waals surface area contributed by atoms with Crippen molar-refractivity contribution >= 4 is 16.9 Å². The summed E-state index contributed by atoms with van der Waals surface area (Å²) < 4.78 is 4.35. The number of ether oxygens (including phenoxy) is 1. The molecule has 1 heterocycles. The Bertz CT molecular complexity index is 588. The van der Waals surface area contributed by atoms with E-state index in [9.17, 15) is 9.59 Å². The van der Waals surface area contributed by atoms with E-state index in [0.29, 0.717) is 10.9 Å². The van der Waals surface area contributed by atoms with Crippen LogP contribution in [0.25, 0.3) is 10.9 Å². The lowest BCUT2D eigenvalue weighted by atomic mass is 10.1. The number of hydrogen-bond acceptors (Lipinski definition) is 4. The number of benzene rings is 1. The zero-order valence-corrected chi connectivity index (χ0v) is 8.27. The predicted molar refractivity (Wildman–Crippen MR) is 57.1 cm³/mol. The standard InChI is InChI=1S/C11H9NO4/c13-6-16-11(15)8-5-12-9-4-2-1-3-7(9)10(8)14/h1-5,13H,6H2,(H,12,14). The number of fused-ring (bicyclic) bond motifs is 1. The molecule has 16 heavy (non-hydrogen) atoms. The molecule has 5 nitrogen and oxygen atoms in total. The molecule has 0 fully saturated rings. The smallest absolute Gasteiger partial charge is 0.345 e. The highest BCUT2D eigenvalue weighted by Gasteiger charge is 2.13. The molecule has 0 bridgehead atoms. The predicted octanol–water partition coefficient (Wildman–Crippen LogP) is 0.635. The van der Waals surface area contributed by atoms with Crippen LogP contribution < -0.4 is 5.43 Å². The van der Waals surface area contributed by atoms with Crippen LogP contribution in [0.4, 0.5) is 0 Å². The van der Waals surface area contributed by atoms with E-state index in [1.807, 2.05) is 0 Å². The molecule has 1 aromatic heterocycles. The summed E-state index contributed by atoms with van der Waals surface area (Å²) in [4.78, 5) is 26.0. The molecule has 5 heteroatoms. The van der Waals surface area contributed by atoms with Gasteiger partial charge in [0.25, 0.3) is 0 Å². The molecule has 0 spiro atoms. The largest absolute Gasteiger partial charge is 0.435 e. The molecule has 0 aliphatic carbocycles. The lowest BCUT2D eigenvalue weighted by Crippen LogP contribution is -2.18. The zero-order valence-electron chi connectivity index (χ0n) is 8.27. The molecule has 2 aromatic rings. The average molecular weight is 219 g/mol. The number of rotatable bonds is 2. The van der Waals surface area contributed by atoms with E-state index in [-0.39, 0.29) is 5.56 Å². The summed E-state index contributed by atoms with van der Waals surface area (Å²) in [6.45, 7) is -0.745. The van der Waals surface area contributed by atoms with Gasteiger partial charge in [0, 0.05) is 17.1 Å². The van der Waals surface area contributed by atoms with Crippen molar-refractivity contribution < 1.29 is 14.6 Å². The fourth-order valence-electron chi connectivity index (χ4n) is 1.46. The van der Waals surface area contributed by atoms with Crippen LogP contribution in [0.5, 0.6) is 0 Å². The first kappa shape index (κ1) is 10.4. The van der Waals surface area contributed by atoms with Gasteiger partial charge >= 0.3 is 5.97 Å². The van der Waals surface area contributed by atoms with E-state index in [1.165, 1.54) is 6.20 Å². The van der Waals surface area contributed by atoms with Crippen molar-refractivity contribution in [2.75, 3.05) is 6.79 Å². The molecule has 0 aliphatic heterocycles. The highest BCUT2D eigenvalue weighted by molar-refractivity contribution is 5.93. The zero-order chi connectivity index (χ0) is 11.5. The minimum absolute atomic E-state index is 0.118. The number of aromatic amines is 1. The van der Waals surface area contributed by atoms with Crippen LogP contribution in [0.3, 0.4) is 0 Å². The van der Waals surface area contributed by atoms with Crippen LogP contribution >= 0.6 is 0 Å². The maximum atomic E-state index is 11.8. The monoisotopic (exact) mass is 219 g/mol. The van der Waals surface area contributed by atoms with Gasteiger partial charge in [0.1, 0.15) is 5.56 Å². The van der Waals surface area contributed by atoms with E-state index in [1.54, 1.807) is 24.3 Å². The van der Waals surface area contributed by atoms with Gasteiger partial charge in [0.15, 0.2) is 6.79 Å². The number of aliphatic hydroxyl groups excluding tert-OH is 1. The topological polar surface area (TPSA) is 79.4 Å². The highest BCUT2D eigenvalue weighted by atomic mass is 16.6. The summed E-state index contributed by atoms with van der Waals surface area (Å²) >= 11 is 0. The van der Waals surface area contributed by atoms with Crippen LogP contribution in [0.1, 0.15) is 10.4 Å². The number of nitrogens with one attached hydrogen (secondary N) is 1. The van der Waals surface area contributed by atoms with Gasteiger partial charge in [0.05, 0.1) is 0 Å². The van der Waals surface area contributed by atoms with Gasteiger partial charge in [0.2, 0.25) is 5.43 Å². The molecule has 0 saturated carbocycles. The van der Waals surface area contributed by atoms with E-state index in [0.717, 1.165) is 0 Å². The molecule has 2 N–H and O–H groups in total. The molecular formula is C11H9NO4. The maximum Gasteiger partial charge on any atom is 0.345 e. The van der Waals surface area contributed by atoms with E-state index in [4.69, 9.17) is 5.11 Å². The van der Waals surface area contributed by atoms with Crippen LogP contribution in [-0.4, -0.2) is 22.9 Å². The second-order valence-electron chi connectivity index (χ2n) is 3.14. The number of pyridine rings is 1. The Morgan fingerprint density at radius 3 is 2.88 bits per heavy atom. The summed E-state index contributed by atoms with van der Waals surface area (Å²) in [6.07, 6.45) is 1.28. The third kappa shape index (κ3) is 1.68. The molecular weight excluding hydrogens is 210 g/mol. The van der Waals surface area contributed by atoms with Gasteiger partial charge in [-0.2, -0.15) is 0 Å². The SMILES string of the molecule is O=C(OCO)c1c[nH]c2ccccc2c1=O. The molecule has 1 aromatic carbocycles. The second-order valence-corrected chi connectivity index (χ2v) is 3.14. The van der Waals surface area contributed by atoms with Gasteiger partial charge in [-0.05, 0) is 12.1 Å². The van der Waals surface area contributed by atoms with Gasteiger partial charge < -0.3 is 14.8 Å². The third-order valence-electron chi connectivity index (χ3n) is 2.20. The van der Waals surface area contributed by atoms with Crippen molar-refractivity contribution in [3.8, 4) is 0 Å². The first-order valence-electron chi connectivity index (χ1n) is 4.62. The first-order valence-corrected chi connectivity index (χ1v) is 4.62. The summed E-state index contributed by atoms with van der Waals surface area (Å²) in [5.41, 5.74) is 0.119. The minimum Gasteiger partial charge on any atom is -0.435 e. The summed E-state index contributed by atoms with van der Waals surface area (Å²) in [7, 11) is 0. The van der Waals surface area contributed by atoms with Crippen molar-refractivity contribution in [1.82, 2.24) is 4.98 Å². The number of carbonyl (C=O) groups excluding carboxylic acids is 1. The Labute approximate surface area is 90.3 Å². The number of aliphatic hydroxyl groups is 1. The van der Waals surface area contributed by atoms with E-state index < -0.39 is 18.2 Å². The van der Waals surface area contributed by atoms with Crippen LogP contribution in [-0.2, 0) is 4.74 Å². The van der Waals surface area contributed by atoms with Crippen LogP contribution in [0, 0.1) is 0 Å². The summed E-state index contributed by atoms with van der Waals surface area (Å²) in [6, 6.07) is 6.84. The summed E-state index contributed by atoms with van der Waals surface area (Å²) in [5, 5.41) is 8.86. The van der Waals surface area contributed by atoms with Gasteiger partial charge in [-0.3, -0.25) is 4.79 Å². The third-order valence-corrected chi connectivity index (χ3v) is 2.20. The number of H-pyrrole nitrogens is 1. The van der Waals surface area contributed by atoms with Crippen molar-refractivity contribution in [2.24, 2.45) is 0 Å². The van der Waals surface area contributed by atoms with Crippen LogP contribution in [0.2, 0.25) is 0 Å². The molecule has 82 valence electrons. The number of para-hydroxylation sites is 1. The first-order chi connectivity index (χ1) is 7.74. The van der Waals surface area contributed by atoms with Crippen molar-refractivity contribution in [2.45, 2.75) is 0 Å². The van der Waals surface area contributed by atoms with Crippen molar-refractivity contribution in [3.05, 3.63) is 46.2 Å². The Balaban J connectivity index is 2.61. The molecule has 0 aliphatic rings. The van der Waals surface area contributed by atoms with Gasteiger partial charge in [-0.15, -0.1) is 0 Å².